The highest BCUT2D eigenvalue weighted by atomic mass is 32.2. The van der Waals surface area contributed by atoms with Crippen molar-refractivity contribution in [2.24, 2.45) is 11.3 Å². The van der Waals surface area contributed by atoms with E-state index in [1.807, 2.05) is 87.4 Å². The molecule has 1 fully saturated rings. The minimum atomic E-state index is -0.665. The summed E-state index contributed by atoms with van der Waals surface area (Å²) in [5.74, 6) is -2.55. The molecular formula is C46H57F2N5O7S. The smallest absolute Gasteiger partial charge is 0.410 e. The number of amides is 5. The summed E-state index contributed by atoms with van der Waals surface area (Å²) in [5.41, 5.74) is 1.07. The quantitative estimate of drug-likeness (QED) is 0.105. The third kappa shape index (κ3) is 13.3. The van der Waals surface area contributed by atoms with Gasteiger partial charge in [0.05, 0.1) is 18.3 Å². The normalized spacial score (nSPS) is 16.0. The van der Waals surface area contributed by atoms with Crippen LogP contribution in [-0.2, 0) is 35.3 Å². The lowest BCUT2D eigenvalue weighted by molar-refractivity contribution is -0.140. The molecule has 15 heteroatoms. The highest BCUT2D eigenvalue weighted by Gasteiger charge is 2.40. The molecule has 61 heavy (non-hydrogen) atoms. The standard InChI is InChI=1S/C46H57F2N5O7S/c1-45(2,3)43(38-23-33(36-24-34(47)14-15-37(36)48)28-51(38)25-31-11-8-7-9-12-31)53(27-32-18-21-50(26-32)44(59)60-46(4,5)6)42(58)30-61-22-19-39(55)49-20-10-13-35(54)29-52-40(56)16-17-41(52)57/h7-9,11-12,14-17,23-24,28,32,43H,10,13,18-22,25-27,29-30H2,1-6H3,(H,49,55)/t32?,43-/m0/s1. The minimum absolute atomic E-state index is 0.0600. The number of halogens is 2. The first-order valence-electron chi connectivity index (χ1n) is 20.7. The number of hydrogen-bond acceptors (Lipinski definition) is 8. The van der Waals surface area contributed by atoms with Crippen molar-refractivity contribution in [2.45, 2.75) is 85.4 Å². The van der Waals surface area contributed by atoms with E-state index in [2.05, 4.69) is 5.32 Å². The van der Waals surface area contributed by atoms with E-state index < -0.39 is 46.6 Å². The summed E-state index contributed by atoms with van der Waals surface area (Å²) in [6.45, 7) is 13.1. The van der Waals surface area contributed by atoms with E-state index in [1.54, 1.807) is 11.1 Å². The summed E-state index contributed by atoms with van der Waals surface area (Å²) >= 11 is 1.32. The monoisotopic (exact) mass is 861 g/mol. The Kier molecular flexibility index (Phi) is 15.7. The van der Waals surface area contributed by atoms with Gasteiger partial charge in [0.2, 0.25) is 11.8 Å². The average molecular weight is 862 g/mol. The summed E-state index contributed by atoms with van der Waals surface area (Å²) in [4.78, 5) is 80.5. The number of thioether (sulfide) groups is 1. The molecule has 0 spiro atoms. The van der Waals surface area contributed by atoms with Crippen molar-refractivity contribution in [3.05, 3.63) is 95.8 Å². The number of ether oxygens (including phenoxy) is 1. The summed E-state index contributed by atoms with van der Waals surface area (Å²) < 4.78 is 37.5. The molecule has 1 N–H and O–H groups in total. The van der Waals surface area contributed by atoms with Crippen molar-refractivity contribution in [2.75, 3.05) is 44.2 Å². The van der Waals surface area contributed by atoms with E-state index in [0.29, 0.717) is 50.3 Å². The predicted octanol–water partition coefficient (Wildman–Crippen LogP) is 7.17. The van der Waals surface area contributed by atoms with Crippen molar-refractivity contribution in [3.63, 3.8) is 0 Å². The second kappa shape index (κ2) is 20.5. The lowest BCUT2D eigenvalue weighted by atomic mass is 9.82. The zero-order valence-electron chi connectivity index (χ0n) is 35.9. The van der Waals surface area contributed by atoms with Crippen molar-refractivity contribution in [1.82, 2.24) is 24.6 Å². The van der Waals surface area contributed by atoms with Crippen LogP contribution in [0, 0.1) is 23.0 Å². The first-order valence-corrected chi connectivity index (χ1v) is 21.8. The number of hydrogen-bond donors (Lipinski definition) is 1. The number of benzene rings is 2. The van der Waals surface area contributed by atoms with Crippen molar-refractivity contribution >= 4 is 47.3 Å². The molecule has 2 aromatic carbocycles. The Bertz CT molecular complexity index is 2090. The van der Waals surface area contributed by atoms with Gasteiger partial charge in [0.1, 0.15) is 17.2 Å². The van der Waals surface area contributed by atoms with Gasteiger partial charge >= 0.3 is 6.09 Å². The Morgan fingerprint density at radius 3 is 2.33 bits per heavy atom. The maximum Gasteiger partial charge on any atom is 0.410 e. The molecule has 0 aliphatic carbocycles. The van der Waals surface area contributed by atoms with Gasteiger partial charge in [-0.25, -0.2) is 13.6 Å². The van der Waals surface area contributed by atoms with Crippen molar-refractivity contribution in [1.29, 1.82) is 0 Å². The number of ketones is 1. The average Bonchev–Trinajstić information content (AvgIpc) is 3.91. The Morgan fingerprint density at radius 2 is 1.66 bits per heavy atom. The van der Waals surface area contributed by atoms with Gasteiger partial charge in [-0.05, 0) is 74.8 Å². The molecule has 328 valence electrons. The van der Waals surface area contributed by atoms with E-state index in [4.69, 9.17) is 4.74 Å². The number of aromatic nitrogens is 1. The number of carbonyl (C=O) groups is 6. The molecule has 1 saturated heterocycles. The first kappa shape index (κ1) is 46.8. The van der Waals surface area contributed by atoms with Gasteiger partial charge in [0.25, 0.3) is 11.8 Å². The molecule has 0 saturated carbocycles. The Labute approximate surface area is 361 Å². The molecule has 2 aliphatic rings. The third-order valence-electron chi connectivity index (χ3n) is 10.4. The van der Waals surface area contributed by atoms with Crippen LogP contribution in [0.3, 0.4) is 0 Å². The van der Waals surface area contributed by atoms with Crippen LogP contribution in [0.1, 0.15) is 84.5 Å². The van der Waals surface area contributed by atoms with E-state index in [0.717, 1.165) is 40.4 Å². The van der Waals surface area contributed by atoms with Gasteiger partial charge in [-0.15, -0.1) is 0 Å². The predicted molar refractivity (Wildman–Crippen MR) is 230 cm³/mol. The Balaban J connectivity index is 1.32. The van der Waals surface area contributed by atoms with Crippen LogP contribution >= 0.6 is 11.8 Å². The maximum atomic E-state index is 15.3. The van der Waals surface area contributed by atoms with Gasteiger partial charge < -0.3 is 24.4 Å². The summed E-state index contributed by atoms with van der Waals surface area (Å²) in [7, 11) is 0. The maximum absolute atomic E-state index is 15.3. The van der Waals surface area contributed by atoms with Gasteiger partial charge in [0, 0.05) is 86.5 Å². The van der Waals surface area contributed by atoms with E-state index >= 15 is 4.39 Å². The van der Waals surface area contributed by atoms with Crippen LogP contribution in [0.25, 0.3) is 11.1 Å². The lowest BCUT2D eigenvalue weighted by Gasteiger charge is -2.42. The molecular weight excluding hydrogens is 805 g/mol. The first-order chi connectivity index (χ1) is 28.8. The van der Waals surface area contributed by atoms with Crippen LogP contribution in [0.15, 0.2) is 72.9 Å². The van der Waals surface area contributed by atoms with Gasteiger partial charge in [-0.2, -0.15) is 11.8 Å². The molecule has 3 heterocycles. The molecule has 5 amide bonds. The molecule has 3 aromatic rings. The lowest BCUT2D eigenvalue weighted by Crippen LogP contribution is -2.46. The van der Waals surface area contributed by atoms with Crippen molar-refractivity contribution < 1.29 is 42.3 Å². The van der Waals surface area contributed by atoms with Crippen LogP contribution in [-0.4, -0.2) is 105 Å². The fourth-order valence-corrected chi connectivity index (χ4v) is 8.38. The van der Waals surface area contributed by atoms with Crippen LogP contribution in [0.5, 0.6) is 0 Å². The molecule has 1 unspecified atom stereocenters. The zero-order valence-corrected chi connectivity index (χ0v) is 36.7. The second-order valence-electron chi connectivity index (χ2n) is 17.7. The number of imide groups is 1. The topological polar surface area (TPSA) is 138 Å². The molecule has 2 atom stereocenters. The van der Waals surface area contributed by atoms with Gasteiger partial charge in [-0.1, -0.05) is 51.1 Å². The van der Waals surface area contributed by atoms with Crippen LogP contribution in [0.2, 0.25) is 0 Å². The number of nitrogens with zero attached hydrogens (tertiary/aromatic N) is 4. The van der Waals surface area contributed by atoms with E-state index in [9.17, 15) is 33.2 Å². The third-order valence-corrected chi connectivity index (χ3v) is 11.3. The number of nitrogens with one attached hydrogen (secondary N) is 1. The van der Waals surface area contributed by atoms with E-state index in [-0.39, 0.29) is 60.8 Å². The fourth-order valence-electron chi connectivity index (χ4n) is 7.57. The zero-order chi connectivity index (χ0) is 44.5. The number of Topliss-reactive ketones (excluding diaryl/α,β-unsaturated/α-hetero) is 1. The van der Waals surface area contributed by atoms with Crippen LogP contribution in [0.4, 0.5) is 13.6 Å². The molecule has 12 nitrogen and oxygen atoms in total. The molecule has 1 aromatic heterocycles. The van der Waals surface area contributed by atoms with Gasteiger partial charge in [0.15, 0.2) is 5.78 Å². The SMILES string of the molecule is CC(C)(C)OC(=O)N1CCC(CN(C(=O)CSCCC(=O)NCCCC(=O)CN2C(=O)C=CC2=O)[C@@H](c2cc(-c3cc(F)ccc3F)cn2Cc2ccccc2)C(C)(C)C)C1. The number of carbonyl (C=O) groups excluding carboxylic acids is 6. The highest BCUT2D eigenvalue weighted by Crippen LogP contribution is 2.42. The molecule has 0 radical (unpaired) electrons. The fraction of sp³-hybridized carbons (Fsp3) is 0.478. The largest absolute Gasteiger partial charge is 0.444 e. The number of rotatable bonds is 18. The summed E-state index contributed by atoms with van der Waals surface area (Å²) in [6.07, 6.45) is 4.86. The molecule has 5 rings (SSSR count). The molecule has 0 bridgehead atoms. The van der Waals surface area contributed by atoms with Gasteiger partial charge in [-0.3, -0.25) is 28.9 Å². The number of likely N-dealkylation sites (tertiary alicyclic amines) is 1. The minimum Gasteiger partial charge on any atom is -0.444 e. The highest BCUT2D eigenvalue weighted by molar-refractivity contribution is 7.99. The Hall–Kier alpha value is -5.31. The summed E-state index contributed by atoms with van der Waals surface area (Å²) in [6, 6.07) is 14.4. The second-order valence-corrected chi connectivity index (χ2v) is 18.8. The Morgan fingerprint density at radius 1 is 0.951 bits per heavy atom. The van der Waals surface area contributed by atoms with Crippen molar-refractivity contribution in [3.8, 4) is 11.1 Å². The molecule has 2 aliphatic heterocycles. The van der Waals surface area contributed by atoms with Crippen LogP contribution < -0.4 is 5.32 Å². The van der Waals surface area contributed by atoms with E-state index in [1.165, 1.54) is 17.8 Å². The summed E-state index contributed by atoms with van der Waals surface area (Å²) in [5, 5.41) is 2.79.